The predicted molar refractivity (Wildman–Crippen MR) is 57.8 cm³/mol. The molecule has 5 nitrogen and oxygen atoms in total. The van der Waals surface area contributed by atoms with Gasteiger partial charge in [-0.25, -0.2) is 4.79 Å². The molecule has 0 fully saturated rings. The fraction of sp³-hybridized carbons (Fsp3) is 0.667. The van der Waals surface area contributed by atoms with E-state index in [4.69, 9.17) is 18.6 Å². The van der Waals surface area contributed by atoms with E-state index in [2.05, 4.69) is 0 Å². The van der Waals surface area contributed by atoms with Gasteiger partial charge >= 0.3 is 11.9 Å². The van der Waals surface area contributed by atoms with Crippen LogP contribution in [0.2, 0.25) is 6.04 Å². The Bertz CT molecular complexity index is 221. The topological polar surface area (TPSA) is 54.0 Å². The zero-order chi connectivity index (χ0) is 11.7. The number of carbonyl (C=O) groups excluding carboxylic acids is 1. The zero-order valence-electron chi connectivity index (χ0n) is 9.66. The molecule has 0 bridgehead atoms. The van der Waals surface area contributed by atoms with E-state index in [0.717, 1.165) is 12.5 Å². The van der Waals surface area contributed by atoms with Gasteiger partial charge in [-0.15, -0.1) is 0 Å². The second-order valence-electron chi connectivity index (χ2n) is 2.72. The van der Waals surface area contributed by atoms with Crippen molar-refractivity contribution in [2.75, 3.05) is 21.3 Å². The molecule has 0 rings (SSSR count). The van der Waals surface area contributed by atoms with Gasteiger partial charge in [0, 0.05) is 0 Å². The van der Waals surface area contributed by atoms with Crippen LogP contribution in [-0.2, 0) is 23.4 Å². The van der Waals surface area contributed by atoms with Crippen LogP contribution in [0.15, 0.2) is 11.7 Å². The number of carbonyl (C=O) groups is 1. The summed E-state index contributed by atoms with van der Waals surface area (Å²) in [6.07, 6.45) is 1.02. The summed E-state index contributed by atoms with van der Waals surface area (Å²) >= 11 is 0. The summed E-state index contributed by atoms with van der Waals surface area (Å²) in [5.74, 6) is -0.507. The van der Waals surface area contributed by atoms with Crippen molar-refractivity contribution in [3.8, 4) is 0 Å². The van der Waals surface area contributed by atoms with Crippen molar-refractivity contribution >= 4 is 15.7 Å². The fourth-order valence-electron chi connectivity index (χ4n) is 0.893. The first kappa shape index (κ1) is 13.8. The highest BCUT2D eigenvalue weighted by molar-refractivity contribution is 6.31. The largest absolute Gasteiger partial charge is 0.519 e. The Morgan fingerprint density at radius 3 is 2.13 bits per heavy atom. The molecule has 15 heavy (non-hydrogen) atoms. The molecule has 0 saturated heterocycles. The second kappa shape index (κ2) is 8.16. The first-order valence-corrected chi connectivity index (χ1v) is 6.32. The van der Waals surface area contributed by atoms with Crippen LogP contribution in [-0.4, -0.2) is 37.1 Å². The lowest BCUT2D eigenvalue weighted by atomic mass is 10.5. The number of rotatable bonds is 7. The molecule has 0 atom stereocenters. The van der Waals surface area contributed by atoms with Crippen LogP contribution in [0.5, 0.6) is 0 Å². The van der Waals surface area contributed by atoms with Crippen molar-refractivity contribution in [2.24, 2.45) is 0 Å². The second-order valence-corrected chi connectivity index (χ2v) is 4.12. The van der Waals surface area contributed by atoms with Crippen molar-refractivity contribution in [3.05, 3.63) is 11.7 Å². The Kier molecular flexibility index (Phi) is 7.52. The Morgan fingerprint density at radius 1 is 1.13 bits per heavy atom. The monoisotopic (exact) mass is 234 g/mol. The van der Waals surface area contributed by atoms with Crippen LogP contribution >= 0.6 is 0 Å². The van der Waals surface area contributed by atoms with Crippen LogP contribution in [0.3, 0.4) is 0 Å². The summed E-state index contributed by atoms with van der Waals surface area (Å²) in [7, 11) is 3.36. The zero-order valence-corrected chi connectivity index (χ0v) is 11.1. The van der Waals surface area contributed by atoms with E-state index in [9.17, 15) is 4.79 Å². The molecule has 0 saturated carbocycles. The normalized spacial score (nSPS) is 9.87. The molecular weight excluding hydrogens is 216 g/mol. The first-order valence-electron chi connectivity index (χ1n) is 4.74. The molecule has 0 aliphatic heterocycles. The highest BCUT2D eigenvalue weighted by Crippen LogP contribution is 2.09. The average Bonchev–Trinajstić information content (AvgIpc) is 2.25. The SMILES string of the molecule is CCC[SiH2]OC(=O)C(OC)=C(OC)OC. The van der Waals surface area contributed by atoms with Crippen LogP contribution < -0.4 is 0 Å². The van der Waals surface area contributed by atoms with Gasteiger partial charge in [0.25, 0.3) is 5.76 Å². The van der Waals surface area contributed by atoms with E-state index in [1.54, 1.807) is 0 Å². The standard InChI is InChI=1S/C9H18O5Si/c1-5-6-15-14-8(10)7(11-2)9(12-3)13-4/h5-6,15H2,1-4H3. The van der Waals surface area contributed by atoms with Crippen molar-refractivity contribution in [1.29, 1.82) is 0 Å². The third-order valence-electron chi connectivity index (χ3n) is 1.68. The highest BCUT2D eigenvalue weighted by Gasteiger charge is 2.19. The Hall–Kier alpha value is -1.17. The van der Waals surface area contributed by atoms with Crippen molar-refractivity contribution in [3.63, 3.8) is 0 Å². The van der Waals surface area contributed by atoms with Crippen LogP contribution in [0.1, 0.15) is 13.3 Å². The molecule has 0 unspecified atom stereocenters. The van der Waals surface area contributed by atoms with Gasteiger partial charge in [0.1, 0.15) is 0 Å². The third-order valence-corrected chi connectivity index (χ3v) is 3.14. The van der Waals surface area contributed by atoms with Gasteiger partial charge in [-0.05, 0) is 6.04 Å². The average molecular weight is 234 g/mol. The summed E-state index contributed by atoms with van der Waals surface area (Å²) in [6, 6.07) is 0.956. The van der Waals surface area contributed by atoms with Crippen LogP contribution in [0.25, 0.3) is 0 Å². The molecule has 0 amide bonds. The maximum Gasteiger partial charge on any atom is 0.367 e. The van der Waals surface area contributed by atoms with E-state index in [0.29, 0.717) is 0 Å². The summed E-state index contributed by atoms with van der Waals surface area (Å²) < 4.78 is 19.6. The molecule has 0 aromatic carbocycles. The highest BCUT2D eigenvalue weighted by atomic mass is 28.2. The van der Waals surface area contributed by atoms with Gasteiger partial charge in [0.05, 0.1) is 21.3 Å². The minimum Gasteiger partial charge on any atom is -0.519 e. The minimum absolute atomic E-state index is 0.0244. The van der Waals surface area contributed by atoms with Gasteiger partial charge < -0.3 is 18.6 Å². The maximum absolute atomic E-state index is 11.5. The summed E-state index contributed by atoms with van der Waals surface area (Å²) in [5.41, 5.74) is 0. The van der Waals surface area contributed by atoms with Gasteiger partial charge in [0.2, 0.25) is 9.76 Å². The Morgan fingerprint density at radius 2 is 1.73 bits per heavy atom. The Labute approximate surface area is 92.3 Å². The quantitative estimate of drug-likeness (QED) is 0.279. The molecule has 0 aliphatic carbocycles. The van der Waals surface area contributed by atoms with E-state index in [-0.39, 0.29) is 11.7 Å². The lowest BCUT2D eigenvalue weighted by Crippen LogP contribution is -2.15. The number of hydrogen-bond donors (Lipinski definition) is 0. The summed E-state index contributed by atoms with van der Waals surface area (Å²) in [6.45, 7) is 2.05. The number of hydrogen-bond acceptors (Lipinski definition) is 5. The van der Waals surface area contributed by atoms with E-state index < -0.39 is 15.7 Å². The van der Waals surface area contributed by atoms with Crippen LogP contribution in [0.4, 0.5) is 0 Å². The van der Waals surface area contributed by atoms with Crippen LogP contribution in [0, 0.1) is 0 Å². The molecule has 0 aromatic rings. The van der Waals surface area contributed by atoms with Crippen molar-refractivity contribution in [1.82, 2.24) is 0 Å². The lowest BCUT2D eigenvalue weighted by molar-refractivity contribution is -0.134. The van der Waals surface area contributed by atoms with E-state index in [1.165, 1.54) is 21.3 Å². The van der Waals surface area contributed by atoms with E-state index >= 15 is 0 Å². The summed E-state index contributed by atoms with van der Waals surface area (Å²) in [4.78, 5) is 11.5. The molecular formula is C9H18O5Si. The fourth-order valence-corrected chi connectivity index (χ4v) is 1.64. The third kappa shape index (κ3) is 4.73. The molecule has 0 radical (unpaired) electrons. The molecule has 0 aliphatic rings. The molecule has 0 spiro atoms. The summed E-state index contributed by atoms with van der Waals surface area (Å²) in [5, 5.41) is 0. The number of ether oxygens (including phenoxy) is 3. The molecule has 0 heterocycles. The maximum atomic E-state index is 11.5. The van der Waals surface area contributed by atoms with Crippen molar-refractivity contribution < 1.29 is 23.4 Å². The first-order chi connectivity index (χ1) is 7.21. The van der Waals surface area contributed by atoms with E-state index in [1.807, 2.05) is 6.92 Å². The lowest BCUT2D eigenvalue weighted by Gasteiger charge is -2.10. The molecule has 88 valence electrons. The Balaban J connectivity index is 4.39. The smallest absolute Gasteiger partial charge is 0.367 e. The van der Waals surface area contributed by atoms with Gasteiger partial charge in [-0.1, -0.05) is 13.3 Å². The molecule has 0 aromatic heterocycles. The predicted octanol–water partition coefficient (Wildman–Crippen LogP) is 0.550. The van der Waals surface area contributed by atoms with Gasteiger partial charge in [-0.2, -0.15) is 0 Å². The number of methoxy groups -OCH3 is 3. The van der Waals surface area contributed by atoms with Crippen molar-refractivity contribution in [2.45, 2.75) is 19.4 Å². The minimum atomic E-state index is -0.810. The van der Waals surface area contributed by atoms with Gasteiger partial charge in [0.15, 0.2) is 0 Å². The molecule has 6 heteroatoms. The molecule has 0 N–H and O–H groups in total. The van der Waals surface area contributed by atoms with Gasteiger partial charge in [-0.3, -0.25) is 0 Å².